The Morgan fingerprint density at radius 1 is 1.62 bits per heavy atom. The molecule has 3 nitrogen and oxygen atoms in total. The average Bonchev–Trinajstić information content (AvgIpc) is 2.05. The first-order chi connectivity index (χ1) is 6.20. The van der Waals surface area contributed by atoms with E-state index in [0.29, 0.717) is 13.0 Å². The van der Waals surface area contributed by atoms with Crippen LogP contribution in [0.3, 0.4) is 0 Å². The SMILES string of the molecule is CCCCOC(=O)CC(Cl)CCO. The summed E-state index contributed by atoms with van der Waals surface area (Å²) in [5, 5.41) is 8.22. The minimum Gasteiger partial charge on any atom is -0.466 e. The third-order valence-corrected chi connectivity index (χ3v) is 1.96. The lowest BCUT2D eigenvalue weighted by molar-refractivity contribution is -0.143. The normalized spacial score (nSPS) is 12.5. The van der Waals surface area contributed by atoms with Crippen LogP contribution in [0.25, 0.3) is 0 Å². The number of ether oxygens (including phenoxy) is 1. The fourth-order valence-electron chi connectivity index (χ4n) is 0.812. The summed E-state index contributed by atoms with van der Waals surface area (Å²) >= 11 is 5.73. The van der Waals surface area contributed by atoms with Gasteiger partial charge in [-0.3, -0.25) is 4.79 Å². The Balaban J connectivity index is 3.38. The molecule has 0 aromatic carbocycles. The number of carbonyl (C=O) groups is 1. The molecule has 0 amide bonds. The number of halogens is 1. The highest BCUT2D eigenvalue weighted by molar-refractivity contribution is 6.21. The van der Waals surface area contributed by atoms with Gasteiger partial charge >= 0.3 is 5.97 Å². The molecule has 1 N–H and O–H groups in total. The van der Waals surface area contributed by atoms with Crippen molar-refractivity contribution < 1.29 is 14.6 Å². The van der Waals surface area contributed by atoms with Gasteiger partial charge in [0.05, 0.1) is 13.0 Å². The molecule has 0 aliphatic rings. The number of aliphatic hydroxyl groups is 1. The molecule has 0 heterocycles. The Morgan fingerprint density at radius 2 is 2.31 bits per heavy atom. The van der Waals surface area contributed by atoms with Crippen molar-refractivity contribution in [3.05, 3.63) is 0 Å². The zero-order chi connectivity index (χ0) is 10.1. The summed E-state index contributed by atoms with van der Waals surface area (Å²) < 4.78 is 4.89. The molecule has 0 radical (unpaired) electrons. The molecular formula is C9H17ClO3. The number of hydrogen-bond acceptors (Lipinski definition) is 3. The molecule has 0 fully saturated rings. The Hall–Kier alpha value is -0.280. The van der Waals surface area contributed by atoms with E-state index in [1.807, 2.05) is 6.92 Å². The van der Waals surface area contributed by atoms with Crippen LogP contribution in [-0.4, -0.2) is 29.7 Å². The molecule has 0 aliphatic heterocycles. The van der Waals surface area contributed by atoms with E-state index >= 15 is 0 Å². The predicted molar refractivity (Wildman–Crippen MR) is 51.8 cm³/mol. The number of aliphatic hydroxyl groups excluding tert-OH is 1. The van der Waals surface area contributed by atoms with E-state index in [0.717, 1.165) is 12.8 Å². The van der Waals surface area contributed by atoms with Gasteiger partial charge in [-0.25, -0.2) is 0 Å². The van der Waals surface area contributed by atoms with Crippen LogP contribution in [0.5, 0.6) is 0 Å². The lowest BCUT2D eigenvalue weighted by atomic mass is 10.2. The van der Waals surface area contributed by atoms with Gasteiger partial charge in [-0.1, -0.05) is 13.3 Å². The quantitative estimate of drug-likeness (QED) is 0.394. The summed E-state index contributed by atoms with van der Waals surface area (Å²) in [5.41, 5.74) is 0. The molecule has 0 aromatic heterocycles. The minimum atomic E-state index is -0.306. The Morgan fingerprint density at radius 3 is 2.85 bits per heavy atom. The summed E-state index contributed by atoms with van der Waals surface area (Å²) in [6.45, 7) is 2.51. The Labute approximate surface area is 84.0 Å². The van der Waals surface area contributed by atoms with E-state index in [4.69, 9.17) is 21.4 Å². The molecule has 1 unspecified atom stereocenters. The molecule has 0 aromatic rings. The smallest absolute Gasteiger partial charge is 0.307 e. The van der Waals surface area contributed by atoms with Gasteiger partial charge in [0.15, 0.2) is 0 Å². The molecule has 78 valence electrons. The second kappa shape index (κ2) is 8.32. The standard InChI is InChI=1S/C9H17ClO3/c1-2-3-6-13-9(12)7-8(10)4-5-11/h8,11H,2-7H2,1H3. The molecule has 4 heteroatoms. The number of rotatable bonds is 7. The van der Waals surface area contributed by atoms with Crippen molar-refractivity contribution in [2.75, 3.05) is 13.2 Å². The van der Waals surface area contributed by atoms with Crippen LogP contribution >= 0.6 is 11.6 Å². The van der Waals surface area contributed by atoms with Gasteiger partial charge in [0, 0.05) is 12.0 Å². The van der Waals surface area contributed by atoms with Gasteiger partial charge in [-0.15, -0.1) is 11.6 Å². The van der Waals surface area contributed by atoms with Crippen molar-refractivity contribution in [1.82, 2.24) is 0 Å². The van der Waals surface area contributed by atoms with Crippen LogP contribution in [0.2, 0.25) is 0 Å². The number of alkyl halides is 1. The molecular weight excluding hydrogens is 192 g/mol. The molecule has 1 atom stereocenters. The second-order valence-corrected chi connectivity index (χ2v) is 3.50. The van der Waals surface area contributed by atoms with E-state index in [2.05, 4.69) is 0 Å². The fourth-order valence-corrected chi connectivity index (χ4v) is 1.04. The molecule has 13 heavy (non-hydrogen) atoms. The largest absolute Gasteiger partial charge is 0.466 e. The van der Waals surface area contributed by atoms with E-state index in [1.165, 1.54) is 0 Å². The number of carbonyl (C=O) groups excluding carboxylic acids is 1. The van der Waals surface area contributed by atoms with Gasteiger partial charge < -0.3 is 9.84 Å². The monoisotopic (exact) mass is 208 g/mol. The minimum absolute atomic E-state index is 0.0103. The van der Waals surface area contributed by atoms with Crippen molar-refractivity contribution in [3.63, 3.8) is 0 Å². The number of unbranched alkanes of at least 4 members (excludes halogenated alkanes) is 1. The third-order valence-electron chi connectivity index (χ3n) is 1.59. The molecule has 0 aliphatic carbocycles. The summed E-state index contributed by atoms with van der Waals surface area (Å²) in [7, 11) is 0. The second-order valence-electron chi connectivity index (χ2n) is 2.89. The highest BCUT2D eigenvalue weighted by atomic mass is 35.5. The third kappa shape index (κ3) is 8.06. The van der Waals surface area contributed by atoms with Crippen LogP contribution in [0.15, 0.2) is 0 Å². The predicted octanol–water partition coefficient (Wildman–Crippen LogP) is 1.71. The molecule has 0 bridgehead atoms. The fraction of sp³-hybridized carbons (Fsp3) is 0.889. The van der Waals surface area contributed by atoms with Crippen LogP contribution in [0.4, 0.5) is 0 Å². The molecule has 0 rings (SSSR count). The summed E-state index contributed by atoms with van der Waals surface area (Å²) in [4.78, 5) is 11.0. The molecule has 0 saturated carbocycles. The van der Waals surface area contributed by atoms with Crippen LogP contribution in [0, 0.1) is 0 Å². The topological polar surface area (TPSA) is 46.5 Å². The van der Waals surface area contributed by atoms with Gasteiger partial charge in [0.2, 0.25) is 0 Å². The van der Waals surface area contributed by atoms with Gasteiger partial charge in [-0.05, 0) is 12.8 Å². The van der Waals surface area contributed by atoms with Crippen molar-refractivity contribution in [2.24, 2.45) is 0 Å². The zero-order valence-electron chi connectivity index (χ0n) is 7.96. The lowest BCUT2D eigenvalue weighted by Crippen LogP contribution is -2.13. The van der Waals surface area contributed by atoms with Gasteiger partial charge in [-0.2, -0.15) is 0 Å². The summed E-state index contributed by atoms with van der Waals surface area (Å²) in [6.07, 6.45) is 2.52. The summed E-state index contributed by atoms with van der Waals surface area (Å²) in [6, 6.07) is 0. The molecule has 0 saturated heterocycles. The average molecular weight is 209 g/mol. The highest BCUT2D eigenvalue weighted by Crippen LogP contribution is 2.07. The number of hydrogen-bond donors (Lipinski definition) is 1. The maximum atomic E-state index is 11.0. The van der Waals surface area contributed by atoms with Crippen LogP contribution < -0.4 is 0 Å². The first-order valence-electron chi connectivity index (χ1n) is 4.61. The van der Waals surface area contributed by atoms with Crippen molar-refractivity contribution >= 4 is 17.6 Å². The Kier molecular flexibility index (Phi) is 8.14. The van der Waals surface area contributed by atoms with Gasteiger partial charge in [0.25, 0.3) is 0 Å². The van der Waals surface area contributed by atoms with Crippen LogP contribution in [0.1, 0.15) is 32.6 Å². The zero-order valence-corrected chi connectivity index (χ0v) is 8.72. The van der Waals surface area contributed by atoms with E-state index in [-0.39, 0.29) is 24.4 Å². The van der Waals surface area contributed by atoms with Crippen LogP contribution in [-0.2, 0) is 9.53 Å². The van der Waals surface area contributed by atoms with Crippen molar-refractivity contribution in [3.8, 4) is 0 Å². The van der Waals surface area contributed by atoms with Crippen molar-refractivity contribution in [2.45, 2.75) is 38.0 Å². The maximum absolute atomic E-state index is 11.0. The highest BCUT2D eigenvalue weighted by Gasteiger charge is 2.10. The summed E-state index contributed by atoms with van der Waals surface area (Å²) in [5.74, 6) is -0.276. The number of esters is 1. The first-order valence-corrected chi connectivity index (χ1v) is 5.04. The van der Waals surface area contributed by atoms with E-state index < -0.39 is 0 Å². The maximum Gasteiger partial charge on any atom is 0.307 e. The van der Waals surface area contributed by atoms with E-state index in [9.17, 15) is 4.79 Å². The lowest BCUT2D eigenvalue weighted by Gasteiger charge is -2.07. The van der Waals surface area contributed by atoms with Crippen molar-refractivity contribution in [1.29, 1.82) is 0 Å². The Bertz CT molecular complexity index is 139. The van der Waals surface area contributed by atoms with Gasteiger partial charge in [0.1, 0.15) is 0 Å². The first kappa shape index (κ1) is 12.7. The molecule has 0 spiro atoms. The van der Waals surface area contributed by atoms with E-state index in [1.54, 1.807) is 0 Å².